The van der Waals surface area contributed by atoms with Crippen LogP contribution in [0.15, 0.2) is 57.8 Å². The zero-order valence-electron chi connectivity index (χ0n) is 14.2. The molecule has 6 nitrogen and oxygen atoms in total. The Hall–Kier alpha value is -2.06. The summed E-state index contributed by atoms with van der Waals surface area (Å²) < 4.78 is 38.4. The van der Waals surface area contributed by atoms with Crippen LogP contribution in [0.5, 0.6) is 5.75 Å². The number of furan rings is 1. The minimum Gasteiger partial charge on any atom is -0.495 e. The fourth-order valence-electron chi connectivity index (χ4n) is 2.51. The third kappa shape index (κ3) is 3.71. The predicted octanol–water partition coefficient (Wildman–Crippen LogP) is 3.28. The highest BCUT2D eigenvalue weighted by molar-refractivity contribution is 7.89. The lowest BCUT2D eigenvalue weighted by Crippen LogP contribution is -2.38. The smallest absolute Gasteiger partial charge is 0.244 e. The molecule has 0 fully saturated rings. The summed E-state index contributed by atoms with van der Waals surface area (Å²) in [5.74, 6) is 0.421. The first kappa shape index (κ1) is 18.7. The van der Waals surface area contributed by atoms with Crippen molar-refractivity contribution in [1.82, 2.24) is 4.72 Å². The normalized spacial score (nSPS) is 14.3. The minimum atomic E-state index is -3.96. The highest BCUT2D eigenvalue weighted by Gasteiger charge is 2.31. The number of fused-ring (bicyclic) bond motifs is 1. The minimum absolute atomic E-state index is 0.104. The Morgan fingerprint density at radius 1 is 1.23 bits per heavy atom. The van der Waals surface area contributed by atoms with Crippen LogP contribution in [0.1, 0.15) is 12.7 Å². The number of methoxy groups -OCH3 is 1. The van der Waals surface area contributed by atoms with E-state index < -0.39 is 15.6 Å². The Balaban J connectivity index is 1.85. The van der Waals surface area contributed by atoms with Crippen LogP contribution >= 0.6 is 11.6 Å². The third-order valence-electron chi connectivity index (χ3n) is 3.98. The average Bonchev–Trinajstić information content (AvgIpc) is 3.05. The average molecular weight is 396 g/mol. The molecule has 0 spiro atoms. The standard InChI is InChI=1S/C18H18ClNO5S/c1-18(21,17-9-12-5-3-4-6-14(12)25-17)11-20-26(22,23)16-10-13(19)7-8-15(16)24-2/h3-10,20-21H,11H2,1-2H3. The van der Waals surface area contributed by atoms with Crippen molar-refractivity contribution in [3.05, 3.63) is 59.3 Å². The quantitative estimate of drug-likeness (QED) is 0.668. The lowest BCUT2D eigenvalue weighted by Gasteiger charge is -2.21. The van der Waals surface area contributed by atoms with Crippen molar-refractivity contribution < 1.29 is 22.7 Å². The van der Waals surface area contributed by atoms with E-state index in [-0.39, 0.29) is 28.0 Å². The topological polar surface area (TPSA) is 88.8 Å². The molecule has 8 heteroatoms. The summed E-state index contributed by atoms with van der Waals surface area (Å²) in [7, 11) is -2.59. The van der Waals surface area contributed by atoms with Gasteiger partial charge in [0.2, 0.25) is 10.0 Å². The molecule has 0 aliphatic heterocycles. The van der Waals surface area contributed by atoms with Crippen molar-refractivity contribution in [2.75, 3.05) is 13.7 Å². The van der Waals surface area contributed by atoms with E-state index in [0.717, 1.165) is 5.39 Å². The number of ether oxygens (including phenoxy) is 1. The summed E-state index contributed by atoms with van der Waals surface area (Å²) in [6, 6.07) is 13.3. The Kier molecular flexibility index (Phi) is 4.98. The molecule has 0 saturated heterocycles. The van der Waals surface area contributed by atoms with Gasteiger partial charge in [0.25, 0.3) is 0 Å². The van der Waals surface area contributed by atoms with E-state index in [1.165, 1.54) is 32.2 Å². The number of halogens is 1. The van der Waals surface area contributed by atoms with Crippen molar-refractivity contribution in [2.24, 2.45) is 0 Å². The number of hydrogen-bond donors (Lipinski definition) is 2. The van der Waals surface area contributed by atoms with Gasteiger partial charge in [0.15, 0.2) is 0 Å². The number of hydrogen-bond acceptors (Lipinski definition) is 5. The van der Waals surface area contributed by atoms with Crippen molar-refractivity contribution in [2.45, 2.75) is 17.4 Å². The first-order valence-electron chi connectivity index (χ1n) is 7.77. The zero-order chi connectivity index (χ0) is 18.9. The van der Waals surface area contributed by atoms with Crippen molar-refractivity contribution in [3.8, 4) is 5.75 Å². The van der Waals surface area contributed by atoms with Crippen molar-refractivity contribution in [1.29, 1.82) is 0 Å². The van der Waals surface area contributed by atoms with E-state index in [9.17, 15) is 13.5 Å². The fraction of sp³-hybridized carbons (Fsp3) is 0.222. The number of nitrogens with one attached hydrogen (secondary N) is 1. The second-order valence-corrected chi connectivity index (χ2v) is 8.21. The van der Waals surface area contributed by atoms with Gasteiger partial charge in [-0.2, -0.15) is 0 Å². The molecule has 0 aliphatic carbocycles. The van der Waals surface area contributed by atoms with Crippen LogP contribution in [0.25, 0.3) is 11.0 Å². The van der Waals surface area contributed by atoms with Gasteiger partial charge < -0.3 is 14.3 Å². The van der Waals surface area contributed by atoms with Gasteiger partial charge in [0.1, 0.15) is 27.6 Å². The SMILES string of the molecule is COc1ccc(Cl)cc1S(=O)(=O)NCC(C)(O)c1cc2ccccc2o1. The summed E-state index contributed by atoms with van der Waals surface area (Å²) in [4.78, 5) is -0.104. The van der Waals surface area contributed by atoms with Crippen LogP contribution in [0.2, 0.25) is 5.02 Å². The van der Waals surface area contributed by atoms with Crippen LogP contribution in [-0.4, -0.2) is 27.2 Å². The molecule has 26 heavy (non-hydrogen) atoms. The summed E-state index contributed by atoms with van der Waals surface area (Å²) in [5, 5.41) is 11.8. The molecular weight excluding hydrogens is 378 g/mol. The van der Waals surface area contributed by atoms with Crippen molar-refractivity contribution in [3.63, 3.8) is 0 Å². The summed E-state index contributed by atoms with van der Waals surface area (Å²) in [6.07, 6.45) is 0. The molecule has 1 unspecified atom stereocenters. The van der Waals surface area contributed by atoms with Gasteiger partial charge >= 0.3 is 0 Å². The number of benzene rings is 2. The zero-order valence-corrected chi connectivity index (χ0v) is 15.8. The van der Waals surface area contributed by atoms with Crippen LogP contribution in [0.4, 0.5) is 0 Å². The molecule has 1 atom stereocenters. The van der Waals surface area contributed by atoms with Gasteiger partial charge in [-0.1, -0.05) is 29.8 Å². The van der Waals surface area contributed by atoms with E-state index in [2.05, 4.69) is 4.72 Å². The lowest BCUT2D eigenvalue weighted by atomic mass is 10.0. The number of aliphatic hydroxyl groups is 1. The molecule has 0 aliphatic rings. The number of rotatable bonds is 6. The predicted molar refractivity (Wildman–Crippen MR) is 99.0 cm³/mol. The second kappa shape index (κ2) is 6.92. The molecule has 2 N–H and O–H groups in total. The van der Waals surface area contributed by atoms with Crippen LogP contribution in [0.3, 0.4) is 0 Å². The second-order valence-electron chi connectivity index (χ2n) is 6.04. The maximum absolute atomic E-state index is 12.6. The van der Waals surface area contributed by atoms with Gasteiger partial charge in [-0.25, -0.2) is 13.1 Å². The van der Waals surface area contributed by atoms with Crippen LogP contribution < -0.4 is 9.46 Å². The largest absolute Gasteiger partial charge is 0.495 e. The monoisotopic (exact) mass is 395 g/mol. The summed E-state index contributed by atoms with van der Waals surface area (Å²) in [6.45, 7) is 1.19. The van der Waals surface area contributed by atoms with Gasteiger partial charge in [-0.3, -0.25) is 0 Å². The first-order chi connectivity index (χ1) is 12.2. The maximum Gasteiger partial charge on any atom is 0.244 e. The molecule has 138 valence electrons. The molecule has 2 aromatic carbocycles. The van der Waals surface area contributed by atoms with E-state index >= 15 is 0 Å². The Labute approximate surface area is 156 Å². The Morgan fingerprint density at radius 3 is 2.65 bits per heavy atom. The van der Waals surface area contributed by atoms with E-state index in [4.69, 9.17) is 20.8 Å². The summed E-state index contributed by atoms with van der Waals surface area (Å²) in [5.41, 5.74) is -0.931. The molecule has 0 radical (unpaired) electrons. The highest BCUT2D eigenvalue weighted by atomic mass is 35.5. The maximum atomic E-state index is 12.6. The van der Waals surface area contributed by atoms with Gasteiger partial charge in [0, 0.05) is 17.0 Å². The van der Waals surface area contributed by atoms with Gasteiger partial charge in [-0.05, 0) is 37.3 Å². The molecule has 3 aromatic rings. The highest BCUT2D eigenvalue weighted by Crippen LogP contribution is 2.30. The third-order valence-corrected chi connectivity index (χ3v) is 5.64. The number of sulfonamides is 1. The molecule has 0 bridgehead atoms. The molecule has 0 amide bonds. The first-order valence-corrected chi connectivity index (χ1v) is 9.64. The molecule has 0 saturated carbocycles. The number of para-hydroxylation sites is 1. The molecule has 1 heterocycles. The van der Waals surface area contributed by atoms with Crippen molar-refractivity contribution >= 4 is 32.6 Å². The molecule has 3 rings (SSSR count). The van der Waals surface area contributed by atoms with E-state index in [0.29, 0.717) is 5.58 Å². The van der Waals surface area contributed by atoms with Crippen LogP contribution in [0, 0.1) is 0 Å². The Bertz CT molecular complexity index is 1010. The van der Waals surface area contributed by atoms with Crippen LogP contribution in [-0.2, 0) is 15.6 Å². The fourth-order valence-corrected chi connectivity index (χ4v) is 4.07. The molecular formula is C18H18ClNO5S. The van der Waals surface area contributed by atoms with E-state index in [1.807, 2.05) is 18.2 Å². The Morgan fingerprint density at radius 2 is 1.96 bits per heavy atom. The van der Waals surface area contributed by atoms with Gasteiger partial charge in [-0.15, -0.1) is 0 Å². The summed E-state index contributed by atoms with van der Waals surface area (Å²) >= 11 is 5.90. The lowest BCUT2D eigenvalue weighted by molar-refractivity contribution is 0.0411. The molecule has 1 aromatic heterocycles. The van der Waals surface area contributed by atoms with Gasteiger partial charge in [0.05, 0.1) is 7.11 Å². The van der Waals surface area contributed by atoms with E-state index in [1.54, 1.807) is 12.1 Å².